The van der Waals surface area contributed by atoms with E-state index in [4.69, 9.17) is 0 Å². The highest BCUT2D eigenvalue weighted by Crippen LogP contribution is 2.38. The highest BCUT2D eigenvalue weighted by Gasteiger charge is 2.54. The van der Waals surface area contributed by atoms with Crippen LogP contribution in [0.1, 0.15) is 24.8 Å². The highest BCUT2D eigenvalue weighted by molar-refractivity contribution is 5.97. The lowest BCUT2D eigenvalue weighted by Gasteiger charge is -2.29. The van der Waals surface area contributed by atoms with Gasteiger partial charge in [0.15, 0.2) is 6.54 Å². The van der Waals surface area contributed by atoms with E-state index in [1.807, 2.05) is 35.2 Å². The quantitative estimate of drug-likeness (QED) is 0.848. The summed E-state index contributed by atoms with van der Waals surface area (Å²) in [5.41, 5.74) is 0.330. The number of para-hydroxylation sites is 1. The number of hydrogen-bond donors (Lipinski definition) is 1. The summed E-state index contributed by atoms with van der Waals surface area (Å²) in [6, 6.07) is 16.1. The molecule has 0 amide bonds. The van der Waals surface area contributed by atoms with Gasteiger partial charge < -0.3 is 9.84 Å². The van der Waals surface area contributed by atoms with Gasteiger partial charge in [-0.25, -0.2) is 0 Å². The zero-order chi connectivity index (χ0) is 18.1. The van der Waals surface area contributed by atoms with Crippen LogP contribution in [0, 0.1) is 0 Å². The first-order chi connectivity index (χ1) is 12.6. The predicted octanol–water partition coefficient (Wildman–Crippen LogP) is 3.55. The Kier molecular flexibility index (Phi) is 4.36. The predicted molar refractivity (Wildman–Crippen MR) is 94.7 cm³/mol. The molecule has 6 heteroatoms. The monoisotopic (exact) mass is 359 g/mol. The Morgan fingerprint density at radius 2 is 1.77 bits per heavy atom. The molecule has 2 aliphatic rings. The summed E-state index contributed by atoms with van der Waals surface area (Å²) in [5.74, 6) is 1.19. The van der Waals surface area contributed by atoms with Crippen LogP contribution in [0.15, 0.2) is 54.6 Å². The molecule has 2 aliphatic heterocycles. The van der Waals surface area contributed by atoms with Crippen molar-refractivity contribution in [1.82, 2.24) is 0 Å². The lowest BCUT2D eigenvalue weighted by molar-refractivity contribution is -0.538. The number of halogens is 2. The van der Waals surface area contributed by atoms with Crippen molar-refractivity contribution in [1.29, 1.82) is 0 Å². The van der Waals surface area contributed by atoms with Crippen molar-refractivity contribution in [2.24, 2.45) is 0 Å². The third-order valence-electron chi connectivity index (χ3n) is 5.04. The number of hydrogen-bond acceptors (Lipinski definition) is 3. The van der Waals surface area contributed by atoms with Gasteiger partial charge in [0.1, 0.15) is 11.4 Å². The first kappa shape index (κ1) is 17.0. The summed E-state index contributed by atoms with van der Waals surface area (Å²) in [5, 5.41) is 11.7. The fraction of sp³-hybridized carbons (Fsp3) is 0.350. The number of ether oxygens (including phenoxy) is 1. The largest absolute Gasteiger partial charge is 0.435 e. The van der Waals surface area contributed by atoms with E-state index >= 15 is 0 Å². The molecular weight excluding hydrogens is 338 g/mol. The molecule has 136 valence electrons. The van der Waals surface area contributed by atoms with Crippen molar-refractivity contribution in [3.05, 3.63) is 60.2 Å². The van der Waals surface area contributed by atoms with Gasteiger partial charge in [-0.15, -0.1) is 0 Å². The molecule has 2 heterocycles. The Morgan fingerprint density at radius 1 is 1.04 bits per heavy atom. The smallest absolute Gasteiger partial charge is 0.387 e. The van der Waals surface area contributed by atoms with Crippen LogP contribution in [-0.2, 0) is 5.72 Å². The van der Waals surface area contributed by atoms with Gasteiger partial charge in [0.25, 0.3) is 11.6 Å². The van der Waals surface area contributed by atoms with Crippen molar-refractivity contribution in [2.45, 2.75) is 31.6 Å². The maximum atomic E-state index is 12.4. The third-order valence-corrected chi connectivity index (χ3v) is 5.04. The minimum atomic E-state index is -2.86. The number of aliphatic hydroxyl groups is 1. The van der Waals surface area contributed by atoms with Crippen LogP contribution in [0.4, 0.5) is 14.5 Å². The van der Waals surface area contributed by atoms with Crippen molar-refractivity contribution >= 4 is 11.5 Å². The maximum Gasteiger partial charge on any atom is 0.387 e. The summed E-state index contributed by atoms with van der Waals surface area (Å²) in [6.07, 6.45) is 3.10. The average Bonchev–Trinajstić information content (AvgIpc) is 2.95. The average molecular weight is 359 g/mol. The summed E-state index contributed by atoms with van der Waals surface area (Å²) in [6.45, 7) is -1.50. The zero-order valence-electron chi connectivity index (χ0n) is 14.3. The summed E-state index contributed by atoms with van der Waals surface area (Å²) >= 11 is 0. The van der Waals surface area contributed by atoms with E-state index in [1.165, 1.54) is 12.1 Å². The van der Waals surface area contributed by atoms with Crippen LogP contribution in [0.2, 0.25) is 0 Å². The highest BCUT2D eigenvalue weighted by atomic mass is 19.3. The Bertz CT molecular complexity index is 808. The standard InChI is InChI=1S/C20H21F2N2O2/c21-19(22)26-17-11-9-15(10-12-17)20(25)14-23-13-5-4-8-18(23)24(20)16-6-2-1-3-7-16/h1-3,6-7,9-12,19,25H,4-5,8,13-14H2/q+1/t20-/m0/s1. The van der Waals surface area contributed by atoms with Gasteiger partial charge >= 0.3 is 6.61 Å². The Hall–Kier alpha value is -2.47. The molecule has 4 rings (SSSR count). The lowest BCUT2D eigenvalue weighted by atomic mass is 10.0. The molecule has 0 radical (unpaired) electrons. The molecule has 0 spiro atoms. The molecule has 0 saturated heterocycles. The van der Waals surface area contributed by atoms with E-state index in [0.717, 1.165) is 37.3 Å². The molecule has 0 aliphatic carbocycles. The minimum absolute atomic E-state index is 0.0852. The lowest BCUT2D eigenvalue weighted by Crippen LogP contribution is -2.47. The van der Waals surface area contributed by atoms with E-state index in [9.17, 15) is 13.9 Å². The van der Waals surface area contributed by atoms with E-state index in [1.54, 1.807) is 12.1 Å². The van der Waals surface area contributed by atoms with Gasteiger partial charge in [-0.2, -0.15) is 13.7 Å². The van der Waals surface area contributed by atoms with Crippen LogP contribution in [-0.4, -0.2) is 35.2 Å². The molecule has 0 bridgehead atoms. The molecule has 0 aromatic heterocycles. The van der Waals surface area contributed by atoms with Crippen LogP contribution >= 0.6 is 0 Å². The molecule has 2 aromatic carbocycles. The Labute approximate surface area is 151 Å². The Balaban J connectivity index is 1.73. The third kappa shape index (κ3) is 2.94. The van der Waals surface area contributed by atoms with Crippen molar-refractivity contribution in [2.75, 3.05) is 18.0 Å². The van der Waals surface area contributed by atoms with E-state index in [-0.39, 0.29) is 5.75 Å². The fourth-order valence-corrected chi connectivity index (χ4v) is 3.91. The van der Waals surface area contributed by atoms with Gasteiger partial charge in [0, 0.05) is 12.0 Å². The van der Waals surface area contributed by atoms with Crippen molar-refractivity contribution in [3.63, 3.8) is 0 Å². The van der Waals surface area contributed by atoms with E-state index in [2.05, 4.69) is 9.31 Å². The van der Waals surface area contributed by atoms with Crippen molar-refractivity contribution < 1.29 is 23.2 Å². The summed E-state index contributed by atoms with van der Waals surface area (Å²) in [4.78, 5) is 1.98. The van der Waals surface area contributed by atoms with Crippen LogP contribution < -0.4 is 9.64 Å². The molecular formula is C20H21F2N2O2+. The van der Waals surface area contributed by atoms with Crippen LogP contribution in [0.25, 0.3) is 0 Å². The molecule has 4 nitrogen and oxygen atoms in total. The fourth-order valence-electron chi connectivity index (χ4n) is 3.91. The van der Waals surface area contributed by atoms with Gasteiger partial charge in [-0.3, -0.25) is 4.58 Å². The number of alkyl halides is 2. The number of amidine groups is 1. The maximum absolute atomic E-state index is 12.4. The first-order valence-corrected chi connectivity index (χ1v) is 8.82. The second-order valence-corrected chi connectivity index (χ2v) is 6.69. The van der Waals surface area contributed by atoms with Crippen LogP contribution in [0.3, 0.4) is 0 Å². The summed E-state index contributed by atoms with van der Waals surface area (Å²) < 4.78 is 31.4. The minimum Gasteiger partial charge on any atom is -0.435 e. The normalized spacial score (nSPS) is 22.7. The number of nitrogens with zero attached hydrogens (tertiary/aromatic N) is 2. The topological polar surface area (TPSA) is 35.7 Å². The number of anilines is 1. The van der Waals surface area contributed by atoms with Gasteiger partial charge in [-0.05, 0) is 49.2 Å². The molecule has 26 heavy (non-hydrogen) atoms. The van der Waals surface area contributed by atoms with Crippen molar-refractivity contribution in [3.8, 4) is 5.75 Å². The molecule has 0 unspecified atom stereocenters. The first-order valence-electron chi connectivity index (χ1n) is 8.82. The molecule has 0 fully saturated rings. The van der Waals surface area contributed by atoms with Gasteiger partial charge in [0.2, 0.25) is 0 Å². The zero-order valence-corrected chi connectivity index (χ0v) is 14.3. The number of rotatable bonds is 4. The second kappa shape index (κ2) is 6.68. The van der Waals surface area contributed by atoms with Crippen LogP contribution in [0.5, 0.6) is 5.75 Å². The van der Waals surface area contributed by atoms with Gasteiger partial charge in [-0.1, -0.05) is 18.2 Å². The summed E-state index contributed by atoms with van der Waals surface area (Å²) in [7, 11) is 0. The number of benzene rings is 2. The SMILES string of the molecule is O[C@]1(c2ccc(OC(F)F)cc2)C[N+]2=C(CCCC2)N1c1ccccc1. The van der Waals surface area contributed by atoms with Gasteiger partial charge in [0.05, 0.1) is 6.54 Å². The molecule has 2 aromatic rings. The molecule has 0 saturated carbocycles. The van der Waals surface area contributed by atoms with E-state index < -0.39 is 12.3 Å². The molecule has 1 atom stereocenters. The Morgan fingerprint density at radius 3 is 2.46 bits per heavy atom. The molecule has 1 N–H and O–H groups in total. The second-order valence-electron chi connectivity index (χ2n) is 6.69. The van der Waals surface area contributed by atoms with E-state index in [0.29, 0.717) is 12.1 Å².